The number of piperazine rings is 1. The highest BCUT2D eigenvalue weighted by Crippen LogP contribution is 2.37. The zero-order chi connectivity index (χ0) is 27.9. The molecule has 1 aromatic heterocycles. The Labute approximate surface area is 215 Å². The lowest BCUT2D eigenvalue weighted by Crippen LogP contribution is -2.48. The van der Waals surface area contributed by atoms with Crippen LogP contribution in [0.1, 0.15) is 47.0 Å². The maximum atomic E-state index is 14.0. The number of carbonyl (C=O) groups excluding carboxylic acids is 2. The van der Waals surface area contributed by atoms with Gasteiger partial charge in [-0.25, -0.2) is 18.2 Å². The minimum Gasteiger partial charge on any atom is -0.335 e. The molecule has 1 fully saturated rings. The van der Waals surface area contributed by atoms with E-state index in [1.165, 1.54) is 16.7 Å². The molecule has 2 N–H and O–H groups in total. The summed E-state index contributed by atoms with van der Waals surface area (Å²) in [5.74, 6) is -5.98. The molecule has 0 aliphatic carbocycles. The van der Waals surface area contributed by atoms with Gasteiger partial charge >= 0.3 is 6.18 Å². The first-order valence-corrected chi connectivity index (χ1v) is 12.1. The van der Waals surface area contributed by atoms with Gasteiger partial charge in [-0.2, -0.15) is 13.2 Å². The average Bonchev–Trinajstić information content (AvgIpc) is 3.24. The molecule has 14 heteroatoms. The van der Waals surface area contributed by atoms with Crippen molar-refractivity contribution in [2.75, 3.05) is 39.8 Å². The molecule has 1 unspecified atom stereocenters. The average molecular weight is 547 g/mol. The number of alkyl halides is 3. The first-order valence-electron chi connectivity index (χ1n) is 12.1. The number of fused-ring (bicyclic) bond motifs is 1. The zero-order valence-corrected chi connectivity index (χ0v) is 20.9. The first-order chi connectivity index (χ1) is 17.8. The van der Waals surface area contributed by atoms with Gasteiger partial charge in [0, 0.05) is 57.8 Å². The second-order valence-electron chi connectivity index (χ2n) is 9.70. The minimum atomic E-state index is -4.81. The molecule has 38 heavy (non-hydrogen) atoms. The van der Waals surface area contributed by atoms with Crippen LogP contribution in [-0.4, -0.2) is 81.9 Å². The number of halogens is 6. The van der Waals surface area contributed by atoms with E-state index in [-0.39, 0.29) is 42.9 Å². The van der Waals surface area contributed by atoms with E-state index in [2.05, 4.69) is 4.98 Å². The first kappa shape index (κ1) is 27.9. The van der Waals surface area contributed by atoms with Crippen LogP contribution in [-0.2, 0) is 23.9 Å². The Bertz CT molecular complexity index is 1220. The van der Waals surface area contributed by atoms with Crippen LogP contribution in [0.4, 0.5) is 26.3 Å². The van der Waals surface area contributed by atoms with Crippen LogP contribution in [0.25, 0.3) is 0 Å². The standard InChI is InChI=1S/C24H28F6N6O2/c1-13-21-20(22(38)34-5-3-33(2)4-6-34)32-23(24(28,29)30)36(21)8-7-35(13)19(37)11-15(31)9-14-10-17(26)18(27)12-16(14)25/h10,12-13,15H,3-9,11,31H2,1-2H3/t13?,15-/m1/s1. The molecular weight excluding hydrogens is 518 g/mol. The van der Waals surface area contributed by atoms with Gasteiger partial charge in [0.1, 0.15) is 5.82 Å². The molecule has 4 rings (SSSR count). The van der Waals surface area contributed by atoms with Crippen molar-refractivity contribution in [2.24, 2.45) is 5.73 Å². The molecule has 2 aliphatic rings. The van der Waals surface area contributed by atoms with E-state index in [1.54, 1.807) is 0 Å². The number of amides is 2. The van der Waals surface area contributed by atoms with Crippen LogP contribution in [0.2, 0.25) is 0 Å². The van der Waals surface area contributed by atoms with E-state index in [9.17, 15) is 35.9 Å². The summed E-state index contributed by atoms with van der Waals surface area (Å²) >= 11 is 0. The van der Waals surface area contributed by atoms with Crippen LogP contribution in [0.3, 0.4) is 0 Å². The third-order valence-corrected chi connectivity index (χ3v) is 7.01. The Morgan fingerprint density at radius 2 is 1.66 bits per heavy atom. The number of rotatable bonds is 5. The highest BCUT2D eigenvalue weighted by atomic mass is 19.4. The molecule has 0 bridgehead atoms. The fourth-order valence-electron chi connectivity index (χ4n) is 4.95. The number of likely N-dealkylation sites (N-methyl/N-ethyl adjacent to an activating group) is 1. The largest absolute Gasteiger partial charge is 0.449 e. The van der Waals surface area contributed by atoms with Crippen molar-refractivity contribution < 1.29 is 35.9 Å². The lowest BCUT2D eigenvalue weighted by Gasteiger charge is -2.37. The quantitative estimate of drug-likeness (QED) is 0.460. The van der Waals surface area contributed by atoms with Gasteiger partial charge in [0.25, 0.3) is 5.91 Å². The van der Waals surface area contributed by atoms with Crippen LogP contribution in [0.5, 0.6) is 0 Å². The van der Waals surface area contributed by atoms with E-state index in [1.807, 2.05) is 11.9 Å². The Kier molecular flexibility index (Phi) is 7.75. The molecule has 1 saturated heterocycles. The molecular formula is C24H28F6N6O2. The van der Waals surface area contributed by atoms with Gasteiger partial charge in [-0.3, -0.25) is 9.59 Å². The zero-order valence-electron chi connectivity index (χ0n) is 20.9. The number of hydrogen-bond acceptors (Lipinski definition) is 5. The fraction of sp³-hybridized carbons (Fsp3) is 0.542. The molecule has 8 nitrogen and oxygen atoms in total. The van der Waals surface area contributed by atoms with Crippen molar-refractivity contribution in [3.05, 3.63) is 52.4 Å². The van der Waals surface area contributed by atoms with E-state index >= 15 is 0 Å². The van der Waals surface area contributed by atoms with Crippen molar-refractivity contribution in [1.82, 2.24) is 24.3 Å². The lowest BCUT2D eigenvalue weighted by atomic mass is 10.0. The molecule has 2 amide bonds. The summed E-state index contributed by atoms with van der Waals surface area (Å²) < 4.78 is 83.1. The van der Waals surface area contributed by atoms with Crippen LogP contribution in [0, 0.1) is 17.5 Å². The maximum Gasteiger partial charge on any atom is 0.449 e. The number of nitrogens with zero attached hydrogens (tertiary/aromatic N) is 5. The third kappa shape index (κ3) is 5.51. The van der Waals surface area contributed by atoms with Crippen molar-refractivity contribution >= 4 is 11.8 Å². The van der Waals surface area contributed by atoms with Crippen molar-refractivity contribution in [1.29, 1.82) is 0 Å². The number of benzene rings is 1. The summed E-state index contributed by atoms with van der Waals surface area (Å²) in [5, 5.41) is 0. The molecule has 0 spiro atoms. The maximum absolute atomic E-state index is 14.0. The van der Waals surface area contributed by atoms with Crippen LogP contribution >= 0.6 is 0 Å². The molecule has 0 saturated carbocycles. The van der Waals surface area contributed by atoms with Gasteiger partial charge in [0.2, 0.25) is 11.7 Å². The minimum absolute atomic E-state index is 0.0129. The number of aromatic nitrogens is 2. The smallest absolute Gasteiger partial charge is 0.335 e. The van der Waals surface area contributed by atoms with Gasteiger partial charge in [-0.1, -0.05) is 0 Å². The highest BCUT2D eigenvalue weighted by Gasteiger charge is 2.44. The molecule has 2 atom stereocenters. The Morgan fingerprint density at radius 3 is 2.29 bits per heavy atom. The molecule has 2 aromatic rings. The normalized spacial score (nSPS) is 19.4. The molecule has 1 aromatic carbocycles. The number of hydrogen-bond donors (Lipinski definition) is 1. The number of nitrogens with two attached hydrogens (primary N) is 1. The van der Waals surface area contributed by atoms with Gasteiger partial charge in [-0.15, -0.1) is 0 Å². The van der Waals surface area contributed by atoms with E-state index in [4.69, 9.17) is 5.73 Å². The lowest BCUT2D eigenvalue weighted by molar-refractivity contribution is -0.148. The summed E-state index contributed by atoms with van der Waals surface area (Å²) in [5.41, 5.74) is 5.43. The summed E-state index contributed by atoms with van der Waals surface area (Å²) in [7, 11) is 1.87. The predicted octanol–water partition coefficient (Wildman–Crippen LogP) is 2.57. The van der Waals surface area contributed by atoms with Crippen LogP contribution < -0.4 is 5.73 Å². The Hall–Kier alpha value is -3.13. The topological polar surface area (TPSA) is 87.7 Å². The van der Waals surface area contributed by atoms with Gasteiger partial charge in [0.05, 0.1) is 11.7 Å². The van der Waals surface area contributed by atoms with E-state index in [0.717, 1.165) is 4.57 Å². The fourth-order valence-corrected chi connectivity index (χ4v) is 4.95. The van der Waals surface area contributed by atoms with Crippen molar-refractivity contribution in [2.45, 2.75) is 44.6 Å². The molecule has 2 aliphatic heterocycles. The van der Waals surface area contributed by atoms with Crippen molar-refractivity contribution in [3.63, 3.8) is 0 Å². The Balaban J connectivity index is 1.56. The summed E-state index contributed by atoms with van der Waals surface area (Å²) in [4.78, 5) is 34.8. The number of imidazole rings is 1. The van der Waals surface area contributed by atoms with E-state index < -0.39 is 53.4 Å². The van der Waals surface area contributed by atoms with Crippen molar-refractivity contribution in [3.8, 4) is 0 Å². The number of carbonyl (C=O) groups is 2. The molecule has 208 valence electrons. The van der Waals surface area contributed by atoms with E-state index in [0.29, 0.717) is 38.3 Å². The highest BCUT2D eigenvalue weighted by molar-refractivity contribution is 5.94. The second kappa shape index (κ2) is 10.6. The second-order valence-corrected chi connectivity index (χ2v) is 9.70. The van der Waals surface area contributed by atoms with Gasteiger partial charge < -0.3 is 25.0 Å². The van der Waals surface area contributed by atoms with Crippen LogP contribution in [0.15, 0.2) is 12.1 Å². The summed E-state index contributed by atoms with van der Waals surface area (Å²) in [6.07, 6.45) is -5.40. The molecule has 0 radical (unpaired) electrons. The SMILES string of the molecule is CC1c2c(C(=O)N3CCN(C)CC3)nc(C(F)(F)F)n2CCN1C(=O)C[C@H](N)Cc1cc(F)c(F)cc1F. The predicted molar refractivity (Wildman–Crippen MR) is 123 cm³/mol. The monoisotopic (exact) mass is 546 g/mol. The van der Waals surface area contributed by atoms with Gasteiger partial charge in [0.15, 0.2) is 17.3 Å². The summed E-state index contributed by atoms with van der Waals surface area (Å²) in [6.45, 7) is 2.95. The molecule has 3 heterocycles. The summed E-state index contributed by atoms with van der Waals surface area (Å²) in [6, 6.07) is -0.840. The third-order valence-electron chi connectivity index (χ3n) is 7.01. The van der Waals surface area contributed by atoms with Gasteiger partial charge in [-0.05, 0) is 32.0 Å². The Morgan fingerprint density at radius 1 is 1.03 bits per heavy atom.